The minimum absolute atomic E-state index is 0. The number of aliphatic carboxylic acids is 1. The fraction of sp³-hybridized carbons (Fsp3) is 0.111. The summed E-state index contributed by atoms with van der Waals surface area (Å²) in [5.41, 5.74) is 2.62. The number of nitrogens with zero attached hydrogens (tertiary/aromatic N) is 1. The predicted octanol–water partition coefficient (Wildman–Crippen LogP) is 3.38. The number of benzene rings is 2. The zero-order valence-electron chi connectivity index (χ0n) is 11.9. The molecule has 0 aliphatic heterocycles. The molecule has 2 aromatic carbocycles. The molecular weight excluding hydrogens is 317 g/mol. The quantitative estimate of drug-likeness (QED) is 0.727. The first-order valence-electron chi connectivity index (χ1n) is 7.06. The van der Waals surface area contributed by atoms with Gasteiger partial charge in [0.2, 0.25) is 0 Å². The molecule has 0 aliphatic carbocycles. The zero-order valence-corrected chi connectivity index (χ0v) is 11.9. The van der Waals surface area contributed by atoms with Crippen molar-refractivity contribution in [2.45, 2.75) is 12.8 Å². The van der Waals surface area contributed by atoms with E-state index < -0.39 is 5.97 Å². The molecule has 1 aromatic heterocycles. The normalized spacial score (nSPS) is 10.1. The molecule has 0 bridgehead atoms. The summed E-state index contributed by atoms with van der Waals surface area (Å²) in [6.45, 7) is 0. The molecule has 0 spiro atoms. The maximum atomic E-state index is 10.7. The topological polar surface area (TPSA) is 63.3 Å². The maximum absolute atomic E-state index is 10.7. The summed E-state index contributed by atoms with van der Waals surface area (Å²) in [6.07, 6.45) is 0.283. The van der Waals surface area contributed by atoms with Crippen LogP contribution in [0.1, 0.15) is 12.3 Å². The van der Waals surface area contributed by atoms with Gasteiger partial charge in [-0.05, 0) is 0 Å². The molecule has 0 saturated carbocycles. The third-order valence-electron chi connectivity index (χ3n) is 3.31. The van der Waals surface area contributed by atoms with E-state index >= 15 is 0 Å². The van der Waals surface area contributed by atoms with Crippen LogP contribution >= 0.6 is 0 Å². The first kappa shape index (κ1) is 18.1. The van der Waals surface area contributed by atoms with Gasteiger partial charge in [-0.15, -0.1) is 0 Å². The molecule has 5 heteroatoms. The number of hydrogen-bond acceptors (Lipinski definition) is 3. The van der Waals surface area contributed by atoms with Crippen LogP contribution in [0.15, 0.2) is 65.1 Å². The molecular formula is C18H16KNO3. The Hall–Kier alpha value is -1.24. The van der Waals surface area contributed by atoms with E-state index in [1.165, 1.54) is 0 Å². The Morgan fingerprint density at radius 2 is 1.52 bits per heavy atom. The van der Waals surface area contributed by atoms with Crippen LogP contribution in [0.3, 0.4) is 0 Å². The average Bonchev–Trinajstić information content (AvgIpc) is 2.99. The van der Waals surface area contributed by atoms with Crippen molar-refractivity contribution in [1.29, 1.82) is 0 Å². The van der Waals surface area contributed by atoms with Crippen LogP contribution in [-0.4, -0.2) is 67.4 Å². The number of carboxylic acids is 1. The van der Waals surface area contributed by atoms with Crippen LogP contribution in [0, 0.1) is 0 Å². The molecule has 0 unspecified atom stereocenters. The molecule has 1 heterocycles. The first-order chi connectivity index (χ1) is 10.7. The summed E-state index contributed by atoms with van der Waals surface area (Å²) in [5.74, 6) is 0.257. The monoisotopic (exact) mass is 333 g/mol. The van der Waals surface area contributed by atoms with Gasteiger partial charge in [-0.25, -0.2) is 4.98 Å². The van der Waals surface area contributed by atoms with Crippen molar-refractivity contribution in [2.75, 3.05) is 0 Å². The number of carboxylic acid groups (broad SMARTS) is 1. The average molecular weight is 333 g/mol. The Labute approximate surface area is 177 Å². The number of aryl methyl sites for hydroxylation is 1. The van der Waals surface area contributed by atoms with Crippen molar-refractivity contribution < 1.29 is 14.3 Å². The Kier molecular flexibility index (Phi) is 6.74. The summed E-state index contributed by atoms with van der Waals surface area (Å²) in [7, 11) is 0. The van der Waals surface area contributed by atoms with Crippen LogP contribution < -0.4 is 0 Å². The number of oxazole rings is 1. The second-order valence-corrected chi connectivity index (χ2v) is 4.91. The van der Waals surface area contributed by atoms with Crippen LogP contribution in [0.2, 0.25) is 0 Å². The van der Waals surface area contributed by atoms with Crippen molar-refractivity contribution in [1.82, 2.24) is 4.98 Å². The van der Waals surface area contributed by atoms with Crippen molar-refractivity contribution in [3.05, 3.63) is 66.6 Å². The predicted molar refractivity (Wildman–Crippen MR) is 90.5 cm³/mol. The van der Waals surface area contributed by atoms with Gasteiger partial charge in [0.15, 0.2) is 11.7 Å². The molecule has 0 saturated heterocycles. The van der Waals surface area contributed by atoms with Crippen LogP contribution in [0.5, 0.6) is 0 Å². The third-order valence-corrected chi connectivity index (χ3v) is 3.31. The van der Waals surface area contributed by atoms with Gasteiger partial charge in [0.05, 0.1) is 6.42 Å². The molecule has 0 aliphatic rings. The molecule has 0 fully saturated rings. The van der Waals surface area contributed by atoms with Crippen LogP contribution in [0.25, 0.3) is 22.6 Å². The molecule has 0 atom stereocenters. The standard InChI is InChI=1S/C18H15NO3.K.H/c20-16(21)12-11-15-19-17(13-7-3-1-4-8-13)18(22-15)14-9-5-2-6-10-14;;/h1-10H,11-12H2,(H,20,21);;. The Morgan fingerprint density at radius 1 is 0.957 bits per heavy atom. The van der Waals surface area contributed by atoms with E-state index in [1.54, 1.807) is 0 Å². The minimum atomic E-state index is -0.860. The van der Waals surface area contributed by atoms with E-state index in [2.05, 4.69) is 4.98 Å². The number of carbonyl (C=O) groups is 1. The van der Waals surface area contributed by atoms with Gasteiger partial charge in [0.1, 0.15) is 5.69 Å². The van der Waals surface area contributed by atoms with Gasteiger partial charge in [-0.1, -0.05) is 60.7 Å². The summed E-state index contributed by atoms with van der Waals surface area (Å²) in [4.78, 5) is 15.2. The Morgan fingerprint density at radius 3 is 2.09 bits per heavy atom. The summed E-state index contributed by atoms with van der Waals surface area (Å²) in [5, 5.41) is 8.82. The Balaban J connectivity index is 0.00000192. The molecule has 112 valence electrons. The van der Waals surface area contributed by atoms with E-state index in [0.29, 0.717) is 11.7 Å². The van der Waals surface area contributed by atoms with E-state index in [4.69, 9.17) is 9.52 Å². The molecule has 4 nitrogen and oxygen atoms in total. The van der Waals surface area contributed by atoms with Crippen LogP contribution in [0.4, 0.5) is 0 Å². The zero-order chi connectivity index (χ0) is 15.4. The van der Waals surface area contributed by atoms with Gasteiger partial charge in [-0.2, -0.15) is 0 Å². The number of hydrogen-bond donors (Lipinski definition) is 1. The molecule has 23 heavy (non-hydrogen) atoms. The molecule has 3 aromatic rings. The Bertz CT molecular complexity index is 712. The molecule has 3 rings (SSSR count). The van der Waals surface area contributed by atoms with Crippen molar-refractivity contribution in [2.24, 2.45) is 0 Å². The van der Waals surface area contributed by atoms with Gasteiger partial charge in [-0.3, -0.25) is 4.79 Å². The summed E-state index contributed by atoms with van der Waals surface area (Å²) < 4.78 is 5.83. The van der Waals surface area contributed by atoms with Crippen molar-refractivity contribution >= 4 is 57.4 Å². The third kappa shape index (κ3) is 4.62. The van der Waals surface area contributed by atoms with Gasteiger partial charge in [0.25, 0.3) is 0 Å². The van der Waals surface area contributed by atoms with Gasteiger partial charge < -0.3 is 9.52 Å². The van der Waals surface area contributed by atoms with E-state index in [-0.39, 0.29) is 64.2 Å². The van der Waals surface area contributed by atoms with Gasteiger partial charge >= 0.3 is 57.4 Å². The van der Waals surface area contributed by atoms with Crippen molar-refractivity contribution in [3.8, 4) is 22.6 Å². The van der Waals surface area contributed by atoms with E-state index in [0.717, 1.165) is 16.8 Å². The molecule has 0 radical (unpaired) electrons. The fourth-order valence-corrected chi connectivity index (χ4v) is 2.26. The van der Waals surface area contributed by atoms with Gasteiger partial charge in [0, 0.05) is 17.5 Å². The van der Waals surface area contributed by atoms with Crippen LogP contribution in [-0.2, 0) is 11.2 Å². The first-order valence-corrected chi connectivity index (χ1v) is 7.06. The second-order valence-electron chi connectivity index (χ2n) is 4.91. The molecule has 1 N–H and O–H groups in total. The van der Waals surface area contributed by atoms with E-state index in [1.807, 2.05) is 60.7 Å². The number of rotatable bonds is 5. The fourth-order valence-electron chi connectivity index (χ4n) is 2.26. The van der Waals surface area contributed by atoms with E-state index in [9.17, 15) is 4.79 Å². The second kappa shape index (κ2) is 8.56. The van der Waals surface area contributed by atoms with Crippen molar-refractivity contribution in [3.63, 3.8) is 0 Å². The summed E-state index contributed by atoms with van der Waals surface area (Å²) >= 11 is 0. The summed E-state index contributed by atoms with van der Waals surface area (Å²) in [6, 6.07) is 19.5. The number of aromatic nitrogens is 1. The molecule has 0 amide bonds. The SMILES string of the molecule is O=C(O)CCc1nc(-c2ccccc2)c(-c2ccccc2)o1.[KH].